The molecule has 0 unspecified atom stereocenters. The summed E-state index contributed by atoms with van der Waals surface area (Å²) in [4.78, 5) is 18.1. The summed E-state index contributed by atoms with van der Waals surface area (Å²) in [7, 11) is 2.02. The fourth-order valence-electron chi connectivity index (χ4n) is 3.47. The van der Waals surface area contributed by atoms with Gasteiger partial charge in [0.15, 0.2) is 0 Å². The van der Waals surface area contributed by atoms with E-state index in [9.17, 15) is 4.79 Å². The van der Waals surface area contributed by atoms with Gasteiger partial charge in [-0.25, -0.2) is 0 Å². The largest absolute Gasteiger partial charge is 0.362 e. The number of hydrogen-bond acceptors (Lipinski definition) is 2. The van der Waals surface area contributed by atoms with Crippen LogP contribution in [0.3, 0.4) is 0 Å². The molecular formula is C17H23N3O. The van der Waals surface area contributed by atoms with E-state index in [1.807, 2.05) is 13.1 Å². The highest BCUT2D eigenvalue weighted by Gasteiger charge is 2.30. The van der Waals surface area contributed by atoms with Crippen LogP contribution >= 0.6 is 0 Å². The minimum atomic E-state index is -0.154. The van der Waals surface area contributed by atoms with Crippen molar-refractivity contribution in [2.45, 2.75) is 39.3 Å². The third-order valence-corrected chi connectivity index (χ3v) is 4.38. The van der Waals surface area contributed by atoms with Crippen LogP contribution in [-0.4, -0.2) is 30.0 Å². The number of nitrogens with zero attached hydrogens (tertiary/aromatic N) is 1. The molecule has 1 aliphatic heterocycles. The average Bonchev–Trinajstić information content (AvgIpc) is 2.81. The first-order chi connectivity index (χ1) is 9.99. The highest BCUT2D eigenvalue weighted by molar-refractivity contribution is 5.98. The van der Waals surface area contributed by atoms with E-state index < -0.39 is 0 Å². The summed E-state index contributed by atoms with van der Waals surface area (Å²) >= 11 is 0. The van der Waals surface area contributed by atoms with E-state index >= 15 is 0 Å². The Morgan fingerprint density at radius 1 is 1.33 bits per heavy atom. The number of aromatic amines is 1. The number of benzene rings is 1. The smallest absolute Gasteiger partial charge is 0.243 e. The highest BCUT2D eigenvalue weighted by atomic mass is 16.2. The van der Waals surface area contributed by atoms with Gasteiger partial charge in [-0.1, -0.05) is 19.9 Å². The van der Waals surface area contributed by atoms with Gasteiger partial charge in [-0.3, -0.25) is 4.79 Å². The molecule has 1 aromatic carbocycles. The number of likely N-dealkylation sites (N-methyl/N-ethyl adjacent to an activating group) is 1. The van der Waals surface area contributed by atoms with E-state index in [4.69, 9.17) is 0 Å². The van der Waals surface area contributed by atoms with Crippen molar-refractivity contribution in [3.63, 3.8) is 0 Å². The Balaban J connectivity index is 2.22. The zero-order valence-electron chi connectivity index (χ0n) is 13.1. The van der Waals surface area contributed by atoms with Crippen LogP contribution in [0.25, 0.3) is 10.9 Å². The quantitative estimate of drug-likeness (QED) is 0.846. The number of rotatable bonds is 1. The van der Waals surface area contributed by atoms with Gasteiger partial charge in [0.05, 0.1) is 0 Å². The second-order valence-electron chi connectivity index (χ2n) is 6.43. The summed E-state index contributed by atoms with van der Waals surface area (Å²) < 4.78 is 0. The predicted molar refractivity (Wildman–Crippen MR) is 86.6 cm³/mol. The Bertz CT molecular complexity index is 674. The molecule has 21 heavy (non-hydrogen) atoms. The Morgan fingerprint density at radius 2 is 2.10 bits per heavy atom. The third kappa shape index (κ3) is 2.28. The number of H-pyrrole nitrogens is 1. The Kier molecular flexibility index (Phi) is 3.40. The van der Waals surface area contributed by atoms with Gasteiger partial charge in [0.2, 0.25) is 5.91 Å². The lowest BCUT2D eigenvalue weighted by Gasteiger charge is -2.32. The first kappa shape index (κ1) is 14.0. The molecule has 1 amide bonds. The van der Waals surface area contributed by atoms with Gasteiger partial charge in [0, 0.05) is 35.9 Å². The van der Waals surface area contributed by atoms with Crippen LogP contribution in [0.2, 0.25) is 0 Å². The molecule has 4 heteroatoms. The average molecular weight is 285 g/mol. The number of aromatic nitrogens is 1. The van der Waals surface area contributed by atoms with Crippen LogP contribution in [0, 0.1) is 5.92 Å². The minimum absolute atomic E-state index is 0.117. The molecule has 3 rings (SSSR count). The molecule has 0 aliphatic carbocycles. The Hall–Kier alpha value is -1.97. The van der Waals surface area contributed by atoms with Gasteiger partial charge in [0.25, 0.3) is 0 Å². The molecule has 0 saturated heterocycles. The number of amides is 1. The van der Waals surface area contributed by atoms with Gasteiger partial charge in [-0.15, -0.1) is 0 Å². The van der Waals surface area contributed by atoms with Gasteiger partial charge >= 0.3 is 0 Å². The van der Waals surface area contributed by atoms with Gasteiger partial charge < -0.3 is 15.2 Å². The Morgan fingerprint density at radius 3 is 2.81 bits per heavy atom. The molecule has 0 fully saturated rings. The lowest BCUT2D eigenvalue weighted by atomic mass is 10.0. The molecule has 2 aromatic rings. The summed E-state index contributed by atoms with van der Waals surface area (Å²) in [6.45, 7) is 6.27. The van der Waals surface area contributed by atoms with Crippen molar-refractivity contribution in [1.82, 2.24) is 10.3 Å². The van der Waals surface area contributed by atoms with Gasteiger partial charge in [0.1, 0.15) is 6.04 Å². The number of nitrogens with one attached hydrogen (secondary N) is 2. The molecule has 0 radical (unpaired) electrons. The summed E-state index contributed by atoms with van der Waals surface area (Å²) in [6, 6.07) is 6.23. The Labute approximate surface area is 125 Å². The molecule has 1 aliphatic rings. The van der Waals surface area contributed by atoms with Gasteiger partial charge in [-0.2, -0.15) is 0 Å². The summed E-state index contributed by atoms with van der Waals surface area (Å²) in [5, 5.41) is 4.40. The third-order valence-electron chi connectivity index (χ3n) is 4.38. The zero-order chi connectivity index (χ0) is 15.1. The van der Waals surface area contributed by atoms with Crippen molar-refractivity contribution in [3.8, 4) is 0 Å². The van der Waals surface area contributed by atoms with Crippen LogP contribution in [0.5, 0.6) is 0 Å². The standard InChI is InChI=1S/C17H23N3O/c1-10(2)16-17(21)19-11(3)8-12-9-18-13-6-5-7-14(15(12)13)20(16)4/h5-7,9-11,16,18H,8H2,1-4H3,(H,19,21)/t11-,16+/m1/s1. The normalized spacial score (nSPS) is 22.9. The van der Waals surface area contributed by atoms with Crippen molar-refractivity contribution in [2.24, 2.45) is 5.92 Å². The summed E-state index contributed by atoms with van der Waals surface area (Å²) in [5.41, 5.74) is 3.54. The van der Waals surface area contributed by atoms with Crippen molar-refractivity contribution in [2.75, 3.05) is 11.9 Å². The van der Waals surface area contributed by atoms with Gasteiger partial charge in [-0.05, 0) is 37.0 Å². The monoisotopic (exact) mass is 285 g/mol. The van der Waals surface area contributed by atoms with E-state index in [0.29, 0.717) is 0 Å². The number of carbonyl (C=O) groups is 1. The lowest BCUT2D eigenvalue weighted by Crippen LogP contribution is -2.50. The maximum Gasteiger partial charge on any atom is 0.243 e. The first-order valence-corrected chi connectivity index (χ1v) is 7.61. The molecule has 0 saturated carbocycles. The number of hydrogen-bond donors (Lipinski definition) is 2. The number of anilines is 1. The van der Waals surface area contributed by atoms with E-state index in [-0.39, 0.29) is 23.9 Å². The predicted octanol–water partition coefficient (Wildman–Crippen LogP) is 2.69. The van der Waals surface area contributed by atoms with Crippen molar-refractivity contribution in [3.05, 3.63) is 30.0 Å². The summed E-state index contributed by atoms with van der Waals surface area (Å²) in [6.07, 6.45) is 2.92. The fraction of sp³-hybridized carbons (Fsp3) is 0.471. The first-order valence-electron chi connectivity index (χ1n) is 7.61. The maximum atomic E-state index is 12.6. The fourth-order valence-corrected chi connectivity index (χ4v) is 3.47. The SMILES string of the molecule is CC(C)[C@H]1C(=O)N[C@H](C)Cc2c[nH]c3cccc(c23)N1C. The molecule has 2 atom stereocenters. The molecule has 0 bridgehead atoms. The molecule has 1 aromatic heterocycles. The highest BCUT2D eigenvalue weighted by Crippen LogP contribution is 2.33. The van der Waals surface area contributed by atoms with Crippen molar-refractivity contribution < 1.29 is 4.79 Å². The maximum absolute atomic E-state index is 12.6. The lowest BCUT2D eigenvalue weighted by molar-refractivity contribution is -0.123. The number of carbonyl (C=O) groups excluding carboxylic acids is 1. The topological polar surface area (TPSA) is 48.1 Å². The molecule has 2 N–H and O–H groups in total. The minimum Gasteiger partial charge on any atom is -0.362 e. The van der Waals surface area contributed by atoms with Crippen molar-refractivity contribution in [1.29, 1.82) is 0 Å². The second-order valence-corrected chi connectivity index (χ2v) is 6.43. The molecule has 0 spiro atoms. The van der Waals surface area contributed by atoms with Crippen LogP contribution < -0.4 is 10.2 Å². The zero-order valence-corrected chi connectivity index (χ0v) is 13.1. The second kappa shape index (κ2) is 5.10. The molecule has 2 heterocycles. The van der Waals surface area contributed by atoms with E-state index in [0.717, 1.165) is 17.6 Å². The van der Waals surface area contributed by atoms with Crippen LogP contribution in [0.15, 0.2) is 24.4 Å². The molecule has 112 valence electrons. The van der Waals surface area contributed by atoms with Crippen LogP contribution in [-0.2, 0) is 11.2 Å². The molecule has 4 nitrogen and oxygen atoms in total. The van der Waals surface area contributed by atoms with E-state index in [1.54, 1.807) is 0 Å². The summed E-state index contributed by atoms with van der Waals surface area (Å²) in [5.74, 6) is 0.365. The molecular weight excluding hydrogens is 262 g/mol. The van der Waals surface area contributed by atoms with Crippen LogP contribution in [0.1, 0.15) is 26.3 Å². The van der Waals surface area contributed by atoms with Crippen molar-refractivity contribution >= 4 is 22.5 Å². The van der Waals surface area contributed by atoms with E-state index in [1.165, 1.54) is 10.9 Å². The van der Waals surface area contributed by atoms with E-state index in [2.05, 4.69) is 54.3 Å². The van der Waals surface area contributed by atoms with Crippen LogP contribution in [0.4, 0.5) is 5.69 Å².